The SMILES string of the molecule is NS(=O)(=O)C1CC(=O)N(c2cc(S(=O)(=O)O)ccc2O)C1. The van der Waals surface area contributed by atoms with Gasteiger partial charge in [-0.3, -0.25) is 9.35 Å². The van der Waals surface area contributed by atoms with Crippen molar-refractivity contribution in [2.45, 2.75) is 16.6 Å². The first-order valence-electron chi connectivity index (χ1n) is 5.62. The molecule has 9 nitrogen and oxygen atoms in total. The highest BCUT2D eigenvalue weighted by Crippen LogP contribution is 2.33. The molecule has 1 saturated heterocycles. The van der Waals surface area contributed by atoms with E-state index in [0.29, 0.717) is 0 Å². The van der Waals surface area contributed by atoms with Crippen LogP contribution in [0.15, 0.2) is 23.1 Å². The lowest BCUT2D eigenvalue weighted by molar-refractivity contribution is -0.117. The third kappa shape index (κ3) is 3.15. The van der Waals surface area contributed by atoms with Gasteiger partial charge in [-0.1, -0.05) is 0 Å². The Labute approximate surface area is 120 Å². The molecule has 11 heteroatoms. The zero-order valence-corrected chi connectivity index (χ0v) is 12.1. The molecular formula is C10H12N2O7S2. The van der Waals surface area contributed by atoms with E-state index in [4.69, 9.17) is 9.69 Å². The van der Waals surface area contributed by atoms with Crippen LogP contribution in [0.3, 0.4) is 0 Å². The maximum Gasteiger partial charge on any atom is 0.294 e. The van der Waals surface area contributed by atoms with Gasteiger partial charge in [0.15, 0.2) is 0 Å². The minimum atomic E-state index is -4.52. The molecule has 1 amide bonds. The van der Waals surface area contributed by atoms with Crippen molar-refractivity contribution in [1.82, 2.24) is 0 Å². The lowest BCUT2D eigenvalue weighted by atomic mass is 10.2. The van der Waals surface area contributed by atoms with Crippen LogP contribution in [-0.2, 0) is 24.9 Å². The number of nitrogens with zero attached hydrogens (tertiary/aromatic N) is 1. The molecule has 1 heterocycles. The predicted octanol–water partition coefficient (Wildman–Crippen LogP) is -0.967. The standard InChI is InChI=1S/C10H12N2O7S2/c11-20(15,16)7-4-10(14)12(5-7)8-3-6(21(17,18)19)1-2-9(8)13/h1-3,7,13H,4-5H2,(H2,11,15,16)(H,17,18,19). The molecule has 1 fully saturated rings. The fraction of sp³-hybridized carbons (Fsp3) is 0.300. The number of sulfonamides is 1. The third-order valence-corrected chi connectivity index (χ3v) is 5.18. The molecule has 1 aromatic rings. The number of hydrogen-bond donors (Lipinski definition) is 3. The number of amides is 1. The summed E-state index contributed by atoms with van der Waals surface area (Å²) in [6.45, 7) is -0.305. The summed E-state index contributed by atoms with van der Waals surface area (Å²) >= 11 is 0. The molecule has 0 aromatic heterocycles. The number of primary sulfonamides is 1. The van der Waals surface area contributed by atoms with Crippen LogP contribution in [0.25, 0.3) is 0 Å². The van der Waals surface area contributed by atoms with E-state index in [0.717, 1.165) is 23.1 Å². The van der Waals surface area contributed by atoms with Crippen LogP contribution in [0.4, 0.5) is 5.69 Å². The minimum Gasteiger partial charge on any atom is -0.506 e. The van der Waals surface area contributed by atoms with E-state index >= 15 is 0 Å². The third-order valence-electron chi connectivity index (χ3n) is 3.09. The Morgan fingerprint density at radius 3 is 2.33 bits per heavy atom. The molecule has 1 unspecified atom stereocenters. The van der Waals surface area contributed by atoms with Gasteiger partial charge in [-0.25, -0.2) is 13.6 Å². The van der Waals surface area contributed by atoms with Gasteiger partial charge in [-0.05, 0) is 18.2 Å². The highest BCUT2D eigenvalue weighted by Gasteiger charge is 2.38. The van der Waals surface area contributed by atoms with Gasteiger partial charge in [0, 0.05) is 13.0 Å². The zero-order valence-electron chi connectivity index (χ0n) is 10.5. The second-order valence-corrected chi connectivity index (χ2v) is 7.81. The summed E-state index contributed by atoms with van der Waals surface area (Å²) in [6.07, 6.45) is -0.367. The first-order valence-corrected chi connectivity index (χ1v) is 8.67. The number of phenols is 1. The minimum absolute atomic E-state index is 0.207. The average molecular weight is 336 g/mol. The second-order valence-electron chi connectivity index (χ2n) is 4.55. The molecular weight excluding hydrogens is 324 g/mol. The monoisotopic (exact) mass is 336 g/mol. The van der Waals surface area contributed by atoms with Crippen LogP contribution in [0, 0.1) is 0 Å². The van der Waals surface area contributed by atoms with Gasteiger partial charge in [-0.15, -0.1) is 0 Å². The van der Waals surface area contributed by atoms with Crippen molar-refractivity contribution in [3.8, 4) is 5.75 Å². The molecule has 0 bridgehead atoms. The van der Waals surface area contributed by atoms with E-state index in [1.165, 1.54) is 0 Å². The van der Waals surface area contributed by atoms with Crippen LogP contribution >= 0.6 is 0 Å². The number of aromatic hydroxyl groups is 1. The van der Waals surface area contributed by atoms with Crippen molar-refractivity contribution in [1.29, 1.82) is 0 Å². The van der Waals surface area contributed by atoms with Crippen LogP contribution in [0.1, 0.15) is 6.42 Å². The maximum atomic E-state index is 11.8. The van der Waals surface area contributed by atoms with Crippen molar-refractivity contribution in [2.75, 3.05) is 11.4 Å². The lowest BCUT2D eigenvalue weighted by Crippen LogP contribution is -2.32. The number of phenolic OH excluding ortho intramolecular Hbond substituents is 1. The van der Waals surface area contributed by atoms with E-state index in [1.54, 1.807) is 0 Å². The van der Waals surface area contributed by atoms with Crippen LogP contribution < -0.4 is 10.0 Å². The van der Waals surface area contributed by atoms with E-state index in [-0.39, 0.29) is 18.7 Å². The van der Waals surface area contributed by atoms with Crippen molar-refractivity contribution in [2.24, 2.45) is 5.14 Å². The van der Waals surface area contributed by atoms with E-state index < -0.39 is 41.9 Å². The molecule has 0 saturated carbocycles. The normalized spacial score (nSPS) is 20.0. The molecule has 0 radical (unpaired) electrons. The fourth-order valence-corrected chi connectivity index (χ4v) is 3.24. The topological polar surface area (TPSA) is 155 Å². The summed E-state index contributed by atoms with van der Waals surface area (Å²) in [5, 5.41) is 13.6. The number of carbonyl (C=O) groups is 1. The smallest absolute Gasteiger partial charge is 0.294 e. The van der Waals surface area contributed by atoms with Crippen molar-refractivity contribution >= 4 is 31.7 Å². The first kappa shape index (κ1) is 15.7. The highest BCUT2D eigenvalue weighted by atomic mass is 32.2. The van der Waals surface area contributed by atoms with Crippen LogP contribution in [0.5, 0.6) is 5.75 Å². The van der Waals surface area contributed by atoms with Gasteiger partial charge in [0.2, 0.25) is 15.9 Å². The second kappa shape index (κ2) is 4.94. The summed E-state index contributed by atoms with van der Waals surface area (Å²) in [5.41, 5.74) is -0.207. The average Bonchev–Trinajstić information content (AvgIpc) is 2.70. The number of rotatable bonds is 3. The highest BCUT2D eigenvalue weighted by molar-refractivity contribution is 7.89. The van der Waals surface area contributed by atoms with Crippen molar-refractivity contribution in [3.05, 3.63) is 18.2 Å². The summed E-state index contributed by atoms with van der Waals surface area (Å²) in [4.78, 5) is 12.2. The van der Waals surface area contributed by atoms with Crippen molar-refractivity contribution in [3.63, 3.8) is 0 Å². The maximum absolute atomic E-state index is 11.8. The molecule has 4 N–H and O–H groups in total. The molecule has 116 valence electrons. The Kier molecular flexibility index (Phi) is 3.70. The van der Waals surface area contributed by atoms with Gasteiger partial charge in [0.1, 0.15) is 11.0 Å². The summed E-state index contributed by atoms with van der Waals surface area (Å²) < 4.78 is 53.6. The number of carbonyl (C=O) groups excluding carboxylic acids is 1. The Balaban J connectivity index is 2.46. The quantitative estimate of drug-likeness (QED) is 0.600. The van der Waals surface area contributed by atoms with Gasteiger partial charge in [0.05, 0.1) is 10.6 Å². The van der Waals surface area contributed by atoms with E-state index in [2.05, 4.69) is 0 Å². The first-order chi connectivity index (χ1) is 9.50. The molecule has 21 heavy (non-hydrogen) atoms. The molecule has 1 aliphatic heterocycles. The number of anilines is 1. The van der Waals surface area contributed by atoms with Gasteiger partial charge < -0.3 is 10.0 Å². The molecule has 0 aliphatic carbocycles. The molecule has 1 aromatic carbocycles. The number of benzene rings is 1. The van der Waals surface area contributed by atoms with Crippen LogP contribution in [-0.4, -0.2) is 44.2 Å². The van der Waals surface area contributed by atoms with Crippen LogP contribution in [0.2, 0.25) is 0 Å². The zero-order chi connectivity index (χ0) is 16.0. The fourth-order valence-electron chi connectivity index (χ4n) is 2.01. The Morgan fingerprint density at radius 2 is 1.86 bits per heavy atom. The van der Waals surface area contributed by atoms with E-state index in [1.807, 2.05) is 0 Å². The van der Waals surface area contributed by atoms with E-state index in [9.17, 15) is 26.7 Å². The summed E-state index contributed by atoms with van der Waals surface area (Å²) in [5.74, 6) is -1.05. The van der Waals surface area contributed by atoms with Gasteiger partial charge >= 0.3 is 0 Å². The molecule has 2 rings (SSSR count). The number of hydrogen-bond acceptors (Lipinski definition) is 6. The lowest BCUT2D eigenvalue weighted by Gasteiger charge is -2.18. The summed E-state index contributed by atoms with van der Waals surface area (Å²) in [6, 6.07) is 2.82. The molecule has 0 spiro atoms. The Bertz CT molecular complexity index is 801. The summed E-state index contributed by atoms with van der Waals surface area (Å²) in [7, 11) is -8.46. The molecule has 1 aliphatic rings. The largest absolute Gasteiger partial charge is 0.506 e. The Hall–Kier alpha value is -1.69. The van der Waals surface area contributed by atoms with Gasteiger partial charge in [0.25, 0.3) is 10.1 Å². The van der Waals surface area contributed by atoms with Crippen molar-refractivity contribution < 1.29 is 31.3 Å². The predicted molar refractivity (Wildman–Crippen MR) is 71.8 cm³/mol. The number of nitrogens with two attached hydrogens (primary N) is 1. The Morgan fingerprint density at radius 1 is 1.24 bits per heavy atom. The van der Waals surface area contributed by atoms with Gasteiger partial charge in [-0.2, -0.15) is 8.42 Å². The molecule has 1 atom stereocenters.